The van der Waals surface area contributed by atoms with Crippen molar-refractivity contribution in [3.05, 3.63) is 30.5 Å². The number of hydrogen-bond acceptors (Lipinski definition) is 4. The van der Waals surface area contributed by atoms with Crippen LogP contribution in [0.25, 0.3) is 10.9 Å². The Labute approximate surface area is 127 Å². The van der Waals surface area contributed by atoms with Gasteiger partial charge in [0.25, 0.3) is 0 Å². The first kappa shape index (κ1) is 15.6. The van der Waals surface area contributed by atoms with Crippen molar-refractivity contribution in [2.45, 2.75) is 26.3 Å². The largest absolute Gasteiger partial charge is 0.397 e. The normalized spacial score (nSPS) is 13.0. The highest BCUT2D eigenvalue weighted by molar-refractivity contribution is 5.96. The summed E-state index contributed by atoms with van der Waals surface area (Å²) in [5.41, 5.74) is 9.04. The monoisotopic (exact) mass is 286 g/mol. The van der Waals surface area contributed by atoms with Gasteiger partial charge in [-0.3, -0.25) is 4.98 Å². The van der Waals surface area contributed by atoms with Gasteiger partial charge in [0.1, 0.15) is 0 Å². The lowest BCUT2D eigenvalue weighted by molar-refractivity contribution is 0.356. The van der Waals surface area contributed by atoms with Crippen molar-refractivity contribution in [2.24, 2.45) is 5.92 Å². The van der Waals surface area contributed by atoms with Crippen LogP contribution < -0.4 is 11.1 Å². The number of aromatic nitrogens is 1. The molecule has 1 aromatic heterocycles. The van der Waals surface area contributed by atoms with Gasteiger partial charge in [-0.15, -0.1) is 0 Å². The highest BCUT2D eigenvalue weighted by Gasteiger charge is 2.14. The van der Waals surface area contributed by atoms with Crippen molar-refractivity contribution in [2.75, 3.05) is 31.7 Å². The lowest BCUT2D eigenvalue weighted by Crippen LogP contribution is -2.33. The molecule has 0 saturated heterocycles. The van der Waals surface area contributed by atoms with Crippen LogP contribution in [0.3, 0.4) is 0 Å². The Morgan fingerprint density at radius 1 is 1.24 bits per heavy atom. The molecule has 0 radical (unpaired) electrons. The number of fused-ring (bicyclic) bond motifs is 1. The molecule has 4 nitrogen and oxygen atoms in total. The summed E-state index contributed by atoms with van der Waals surface area (Å²) in [4.78, 5) is 6.55. The lowest BCUT2D eigenvalue weighted by atomic mass is 10.0. The average Bonchev–Trinajstić information content (AvgIpc) is 2.41. The molecule has 1 heterocycles. The van der Waals surface area contributed by atoms with Crippen molar-refractivity contribution in [1.29, 1.82) is 0 Å². The number of pyridine rings is 1. The number of nitrogens with zero attached hydrogens (tertiary/aromatic N) is 2. The summed E-state index contributed by atoms with van der Waals surface area (Å²) in [5.74, 6) is 0.644. The first-order chi connectivity index (χ1) is 9.97. The number of nitrogen functional groups attached to an aromatic ring is 1. The zero-order valence-corrected chi connectivity index (χ0v) is 13.4. The van der Waals surface area contributed by atoms with Crippen LogP contribution in [0, 0.1) is 5.92 Å². The molecular formula is C17H26N4. The molecule has 21 heavy (non-hydrogen) atoms. The fraction of sp³-hybridized carbons (Fsp3) is 0.471. The highest BCUT2D eigenvalue weighted by atomic mass is 15.1. The van der Waals surface area contributed by atoms with E-state index in [1.54, 1.807) is 6.20 Å². The molecule has 0 aliphatic carbocycles. The van der Waals surface area contributed by atoms with E-state index in [0.717, 1.165) is 35.2 Å². The van der Waals surface area contributed by atoms with E-state index in [-0.39, 0.29) is 0 Å². The Morgan fingerprint density at radius 3 is 2.67 bits per heavy atom. The Hall–Kier alpha value is -1.81. The smallest absolute Gasteiger partial charge is 0.0724 e. The van der Waals surface area contributed by atoms with Crippen LogP contribution in [-0.4, -0.2) is 36.6 Å². The van der Waals surface area contributed by atoms with E-state index < -0.39 is 0 Å². The second kappa shape index (κ2) is 6.76. The van der Waals surface area contributed by atoms with E-state index in [9.17, 15) is 0 Å². The number of nitrogens with one attached hydrogen (secondary N) is 1. The molecule has 0 bridgehead atoms. The molecule has 0 saturated carbocycles. The Morgan fingerprint density at radius 2 is 2.00 bits per heavy atom. The number of hydrogen-bond donors (Lipinski definition) is 2. The third-order valence-electron chi connectivity index (χ3n) is 3.53. The van der Waals surface area contributed by atoms with Gasteiger partial charge in [0, 0.05) is 24.2 Å². The first-order valence-corrected chi connectivity index (χ1v) is 7.52. The minimum Gasteiger partial charge on any atom is -0.397 e. The van der Waals surface area contributed by atoms with Crippen LogP contribution in [0.4, 0.5) is 11.4 Å². The summed E-state index contributed by atoms with van der Waals surface area (Å²) in [7, 11) is 4.20. The summed E-state index contributed by atoms with van der Waals surface area (Å²) < 4.78 is 0. The third-order valence-corrected chi connectivity index (χ3v) is 3.53. The Balaban J connectivity index is 2.25. The topological polar surface area (TPSA) is 54.2 Å². The van der Waals surface area contributed by atoms with Crippen LogP contribution in [0.5, 0.6) is 0 Å². The van der Waals surface area contributed by atoms with Crippen molar-refractivity contribution in [1.82, 2.24) is 9.88 Å². The summed E-state index contributed by atoms with van der Waals surface area (Å²) in [5, 5.41) is 4.62. The highest BCUT2D eigenvalue weighted by Crippen LogP contribution is 2.28. The third kappa shape index (κ3) is 4.08. The first-order valence-electron chi connectivity index (χ1n) is 7.52. The van der Waals surface area contributed by atoms with Gasteiger partial charge in [-0.25, -0.2) is 0 Å². The lowest BCUT2D eigenvalue weighted by Gasteiger charge is -2.26. The number of anilines is 2. The predicted molar refractivity (Wildman–Crippen MR) is 91.6 cm³/mol. The average molecular weight is 286 g/mol. The van der Waals surface area contributed by atoms with E-state index in [1.165, 1.54) is 0 Å². The zero-order chi connectivity index (χ0) is 15.4. The van der Waals surface area contributed by atoms with Crippen molar-refractivity contribution < 1.29 is 0 Å². The molecule has 2 rings (SSSR count). The van der Waals surface area contributed by atoms with Crippen molar-refractivity contribution in [3.63, 3.8) is 0 Å². The van der Waals surface area contributed by atoms with E-state index in [2.05, 4.69) is 43.1 Å². The van der Waals surface area contributed by atoms with Gasteiger partial charge in [0.05, 0.1) is 16.9 Å². The molecule has 1 unspecified atom stereocenters. The number of nitrogens with two attached hydrogens (primary N) is 1. The molecule has 0 fully saturated rings. The molecule has 114 valence electrons. The molecule has 0 spiro atoms. The maximum absolute atomic E-state index is 6.31. The SMILES string of the molecule is CC(C)CC(CN(C)C)Nc1ccc2ncccc2c1N. The summed E-state index contributed by atoms with van der Waals surface area (Å²) in [6.07, 6.45) is 2.91. The molecule has 1 atom stereocenters. The van der Waals surface area contributed by atoms with E-state index in [1.807, 2.05) is 24.3 Å². The molecule has 0 aliphatic heterocycles. The number of likely N-dealkylation sites (N-methyl/N-ethyl adjacent to an activating group) is 1. The van der Waals surface area contributed by atoms with Crippen LogP contribution in [0.15, 0.2) is 30.5 Å². The molecule has 0 amide bonds. The quantitative estimate of drug-likeness (QED) is 0.801. The summed E-state index contributed by atoms with van der Waals surface area (Å²) >= 11 is 0. The van der Waals surface area contributed by atoms with Gasteiger partial charge in [-0.2, -0.15) is 0 Å². The van der Waals surface area contributed by atoms with Gasteiger partial charge in [-0.1, -0.05) is 13.8 Å². The van der Waals surface area contributed by atoms with Crippen LogP contribution in [0.2, 0.25) is 0 Å². The van der Waals surface area contributed by atoms with Crippen molar-refractivity contribution in [3.8, 4) is 0 Å². The predicted octanol–water partition coefficient (Wildman–Crippen LogP) is 3.21. The van der Waals surface area contributed by atoms with E-state index >= 15 is 0 Å². The number of benzene rings is 1. The zero-order valence-electron chi connectivity index (χ0n) is 13.4. The molecule has 0 aliphatic rings. The van der Waals surface area contributed by atoms with Gasteiger partial charge >= 0.3 is 0 Å². The number of rotatable bonds is 6. The van der Waals surface area contributed by atoms with Gasteiger partial charge in [-0.05, 0) is 50.7 Å². The van der Waals surface area contributed by atoms with Crippen LogP contribution in [0.1, 0.15) is 20.3 Å². The van der Waals surface area contributed by atoms with Crippen molar-refractivity contribution >= 4 is 22.3 Å². The molecule has 3 N–H and O–H groups in total. The molecule has 2 aromatic rings. The minimum atomic E-state index is 0.386. The molecule has 4 heteroatoms. The summed E-state index contributed by atoms with van der Waals surface area (Å²) in [6, 6.07) is 8.39. The van der Waals surface area contributed by atoms with Crippen LogP contribution in [-0.2, 0) is 0 Å². The maximum Gasteiger partial charge on any atom is 0.0724 e. The van der Waals surface area contributed by atoms with Gasteiger partial charge in [0.2, 0.25) is 0 Å². The Kier molecular flexibility index (Phi) is 5.02. The minimum absolute atomic E-state index is 0.386. The van der Waals surface area contributed by atoms with Gasteiger partial charge < -0.3 is 16.0 Å². The van der Waals surface area contributed by atoms with E-state index in [4.69, 9.17) is 5.73 Å². The standard InChI is InChI=1S/C17H26N4/c1-12(2)10-13(11-21(3)4)20-16-8-7-15-14(17(16)18)6-5-9-19-15/h5-9,12-13,20H,10-11,18H2,1-4H3. The second-order valence-corrected chi connectivity index (χ2v) is 6.33. The Bertz CT molecular complexity index is 582. The maximum atomic E-state index is 6.31. The second-order valence-electron chi connectivity index (χ2n) is 6.33. The summed E-state index contributed by atoms with van der Waals surface area (Å²) in [6.45, 7) is 5.48. The fourth-order valence-corrected chi connectivity index (χ4v) is 2.71. The fourth-order valence-electron chi connectivity index (χ4n) is 2.71. The molecule has 1 aromatic carbocycles. The molecular weight excluding hydrogens is 260 g/mol. The van der Waals surface area contributed by atoms with Gasteiger partial charge in [0.15, 0.2) is 0 Å². The van der Waals surface area contributed by atoms with E-state index in [0.29, 0.717) is 12.0 Å². The van der Waals surface area contributed by atoms with Crippen LogP contribution >= 0.6 is 0 Å².